The first-order chi connectivity index (χ1) is 12.2. The van der Waals surface area contributed by atoms with E-state index in [0.29, 0.717) is 5.92 Å². The lowest BCUT2D eigenvalue weighted by atomic mass is 10.0. The highest BCUT2D eigenvalue weighted by atomic mass is 16.3. The standard InChI is InChI=1S/C20H22N4O/c1-14-6-5-10-24(13-14)20-22-12-17(18-7-3-4-9-21-18)19(23-20)16-8-11-25-15(16)2/h3-4,7-9,11-12,14H,5-6,10,13H2,1-2H3. The van der Waals surface area contributed by atoms with Gasteiger partial charge < -0.3 is 9.32 Å². The van der Waals surface area contributed by atoms with Crippen LogP contribution in [-0.2, 0) is 0 Å². The van der Waals surface area contributed by atoms with Crippen molar-refractivity contribution in [1.29, 1.82) is 0 Å². The predicted octanol–water partition coefficient (Wildman–Crippen LogP) is 4.34. The number of aryl methyl sites for hydroxylation is 1. The Hall–Kier alpha value is -2.69. The second kappa shape index (κ2) is 6.67. The van der Waals surface area contributed by atoms with E-state index in [4.69, 9.17) is 9.40 Å². The van der Waals surface area contributed by atoms with Gasteiger partial charge in [-0.25, -0.2) is 9.97 Å². The molecule has 1 unspecified atom stereocenters. The quantitative estimate of drug-likeness (QED) is 0.713. The summed E-state index contributed by atoms with van der Waals surface area (Å²) in [5, 5.41) is 0. The van der Waals surface area contributed by atoms with Crippen molar-refractivity contribution < 1.29 is 4.42 Å². The summed E-state index contributed by atoms with van der Waals surface area (Å²) in [6, 6.07) is 7.85. The van der Waals surface area contributed by atoms with Crippen molar-refractivity contribution in [3.8, 4) is 22.5 Å². The Morgan fingerprint density at radius 1 is 1.16 bits per heavy atom. The fraction of sp³-hybridized carbons (Fsp3) is 0.350. The molecule has 25 heavy (non-hydrogen) atoms. The molecule has 128 valence electrons. The van der Waals surface area contributed by atoms with Crippen LogP contribution >= 0.6 is 0 Å². The van der Waals surface area contributed by atoms with Gasteiger partial charge in [0.1, 0.15) is 5.76 Å². The third kappa shape index (κ3) is 3.14. The van der Waals surface area contributed by atoms with Gasteiger partial charge in [-0.3, -0.25) is 4.98 Å². The van der Waals surface area contributed by atoms with Gasteiger partial charge in [0.2, 0.25) is 5.95 Å². The molecule has 1 fully saturated rings. The maximum Gasteiger partial charge on any atom is 0.225 e. The molecular weight excluding hydrogens is 312 g/mol. The zero-order chi connectivity index (χ0) is 17.2. The summed E-state index contributed by atoms with van der Waals surface area (Å²) in [7, 11) is 0. The first kappa shape index (κ1) is 15.8. The molecule has 0 amide bonds. The Kier molecular flexibility index (Phi) is 4.22. The fourth-order valence-electron chi connectivity index (χ4n) is 3.44. The summed E-state index contributed by atoms with van der Waals surface area (Å²) >= 11 is 0. The molecule has 0 aromatic carbocycles. The predicted molar refractivity (Wildman–Crippen MR) is 98.3 cm³/mol. The van der Waals surface area contributed by atoms with Crippen molar-refractivity contribution in [2.45, 2.75) is 26.7 Å². The molecule has 0 spiro atoms. The van der Waals surface area contributed by atoms with Crippen LogP contribution in [0.3, 0.4) is 0 Å². The smallest absolute Gasteiger partial charge is 0.225 e. The number of nitrogens with zero attached hydrogens (tertiary/aromatic N) is 4. The van der Waals surface area contributed by atoms with Crippen LogP contribution in [0.1, 0.15) is 25.5 Å². The molecule has 5 nitrogen and oxygen atoms in total. The van der Waals surface area contributed by atoms with Crippen LogP contribution in [-0.4, -0.2) is 28.0 Å². The highest BCUT2D eigenvalue weighted by molar-refractivity contribution is 5.80. The molecule has 4 heterocycles. The lowest BCUT2D eigenvalue weighted by molar-refractivity contribution is 0.442. The SMILES string of the molecule is Cc1occc1-c1nc(N2CCCC(C)C2)ncc1-c1ccccn1. The Morgan fingerprint density at radius 3 is 2.80 bits per heavy atom. The van der Waals surface area contributed by atoms with E-state index in [2.05, 4.69) is 21.8 Å². The van der Waals surface area contributed by atoms with Gasteiger partial charge in [0, 0.05) is 36.6 Å². The second-order valence-corrected chi connectivity index (χ2v) is 6.73. The molecule has 0 N–H and O–H groups in total. The Balaban J connectivity index is 1.82. The van der Waals surface area contributed by atoms with Crippen LogP contribution < -0.4 is 4.90 Å². The fourth-order valence-corrected chi connectivity index (χ4v) is 3.44. The first-order valence-corrected chi connectivity index (χ1v) is 8.80. The Labute approximate surface area is 147 Å². The van der Waals surface area contributed by atoms with Gasteiger partial charge in [-0.2, -0.15) is 0 Å². The van der Waals surface area contributed by atoms with E-state index in [1.807, 2.05) is 37.4 Å². The molecule has 5 heteroatoms. The van der Waals surface area contributed by atoms with Gasteiger partial charge >= 0.3 is 0 Å². The molecule has 3 aromatic heterocycles. The summed E-state index contributed by atoms with van der Waals surface area (Å²) < 4.78 is 5.52. The summed E-state index contributed by atoms with van der Waals surface area (Å²) in [6.07, 6.45) is 7.85. The lowest BCUT2D eigenvalue weighted by Crippen LogP contribution is -2.35. The monoisotopic (exact) mass is 334 g/mol. The molecule has 0 aliphatic carbocycles. The van der Waals surface area contributed by atoms with Gasteiger partial charge in [0.25, 0.3) is 0 Å². The van der Waals surface area contributed by atoms with Crippen molar-refractivity contribution in [1.82, 2.24) is 15.0 Å². The highest BCUT2D eigenvalue weighted by Gasteiger charge is 2.22. The van der Waals surface area contributed by atoms with E-state index in [0.717, 1.165) is 47.3 Å². The number of pyridine rings is 1. The number of piperidine rings is 1. The van der Waals surface area contributed by atoms with E-state index in [9.17, 15) is 0 Å². The normalized spacial score (nSPS) is 17.7. The number of rotatable bonds is 3. The number of anilines is 1. The zero-order valence-electron chi connectivity index (χ0n) is 14.6. The van der Waals surface area contributed by atoms with Gasteiger partial charge in [-0.05, 0) is 43.9 Å². The first-order valence-electron chi connectivity index (χ1n) is 8.80. The molecule has 1 atom stereocenters. The van der Waals surface area contributed by atoms with E-state index in [-0.39, 0.29) is 0 Å². The molecule has 0 radical (unpaired) electrons. The van der Waals surface area contributed by atoms with E-state index in [1.165, 1.54) is 12.8 Å². The van der Waals surface area contributed by atoms with Crippen LogP contribution in [0.15, 0.2) is 47.3 Å². The number of aromatic nitrogens is 3. The van der Waals surface area contributed by atoms with Crippen LogP contribution in [0.5, 0.6) is 0 Å². The van der Waals surface area contributed by atoms with Crippen molar-refractivity contribution in [2.75, 3.05) is 18.0 Å². The van der Waals surface area contributed by atoms with Gasteiger partial charge in [-0.15, -0.1) is 0 Å². The number of hydrogen-bond acceptors (Lipinski definition) is 5. The summed E-state index contributed by atoms with van der Waals surface area (Å²) in [5.74, 6) is 2.32. The van der Waals surface area contributed by atoms with Crippen molar-refractivity contribution in [2.24, 2.45) is 5.92 Å². The average Bonchev–Trinajstić information content (AvgIpc) is 3.08. The Morgan fingerprint density at radius 2 is 2.08 bits per heavy atom. The lowest BCUT2D eigenvalue weighted by Gasteiger charge is -2.31. The molecule has 4 rings (SSSR count). The third-order valence-electron chi connectivity index (χ3n) is 4.77. The van der Waals surface area contributed by atoms with Crippen LogP contribution in [0.25, 0.3) is 22.5 Å². The minimum absolute atomic E-state index is 0.673. The molecule has 0 saturated carbocycles. The number of hydrogen-bond donors (Lipinski definition) is 0. The topological polar surface area (TPSA) is 55.1 Å². The third-order valence-corrected chi connectivity index (χ3v) is 4.77. The van der Waals surface area contributed by atoms with Crippen LogP contribution in [0, 0.1) is 12.8 Å². The Bertz CT molecular complexity index is 859. The molecule has 0 bridgehead atoms. The minimum Gasteiger partial charge on any atom is -0.469 e. The van der Waals surface area contributed by atoms with E-state index >= 15 is 0 Å². The van der Waals surface area contributed by atoms with E-state index in [1.54, 1.807) is 12.5 Å². The summed E-state index contributed by atoms with van der Waals surface area (Å²) in [4.78, 5) is 16.3. The second-order valence-electron chi connectivity index (χ2n) is 6.73. The summed E-state index contributed by atoms with van der Waals surface area (Å²) in [5.41, 5.74) is 3.68. The molecule has 1 aliphatic heterocycles. The van der Waals surface area contributed by atoms with Crippen LogP contribution in [0.2, 0.25) is 0 Å². The van der Waals surface area contributed by atoms with E-state index < -0.39 is 0 Å². The molecule has 1 aliphatic rings. The van der Waals surface area contributed by atoms with Gasteiger partial charge in [-0.1, -0.05) is 13.0 Å². The van der Waals surface area contributed by atoms with Crippen molar-refractivity contribution >= 4 is 5.95 Å². The minimum atomic E-state index is 0.673. The average molecular weight is 334 g/mol. The number of furan rings is 1. The summed E-state index contributed by atoms with van der Waals surface area (Å²) in [6.45, 7) is 6.27. The van der Waals surface area contributed by atoms with Gasteiger partial charge in [0.05, 0.1) is 17.7 Å². The zero-order valence-corrected chi connectivity index (χ0v) is 14.6. The highest BCUT2D eigenvalue weighted by Crippen LogP contribution is 2.33. The molecule has 1 saturated heterocycles. The van der Waals surface area contributed by atoms with Gasteiger partial charge in [0.15, 0.2) is 0 Å². The maximum atomic E-state index is 5.52. The van der Waals surface area contributed by atoms with Crippen LogP contribution in [0.4, 0.5) is 5.95 Å². The largest absolute Gasteiger partial charge is 0.469 e. The van der Waals surface area contributed by atoms with Crippen molar-refractivity contribution in [3.63, 3.8) is 0 Å². The molecular formula is C20H22N4O. The van der Waals surface area contributed by atoms with Crippen molar-refractivity contribution in [3.05, 3.63) is 48.7 Å². The maximum absolute atomic E-state index is 5.52. The molecule has 3 aromatic rings.